The van der Waals surface area contributed by atoms with Crippen molar-refractivity contribution in [3.05, 3.63) is 0 Å². The molecule has 0 aromatic heterocycles. The summed E-state index contributed by atoms with van der Waals surface area (Å²) in [5.41, 5.74) is 0. The maximum Gasteiger partial charge on any atom is 0.511 e. The van der Waals surface area contributed by atoms with Crippen LogP contribution in [0.2, 0.25) is 0 Å². The van der Waals surface area contributed by atoms with E-state index in [4.69, 9.17) is 4.74 Å². The van der Waals surface area contributed by atoms with Gasteiger partial charge in [-0.3, -0.25) is 4.79 Å². The van der Waals surface area contributed by atoms with Crippen molar-refractivity contribution in [3.8, 4) is 0 Å². The van der Waals surface area contributed by atoms with E-state index in [1.807, 2.05) is 0 Å². The second-order valence-electron chi connectivity index (χ2n) is 7.01. The predicted octanol–water partition coefficient (Wildman–Crippen LogP) is 2.25. The zero-order valence-corrected chi connectivity index (χ0v) is 15.6. The van der Waals surface area contributed by atoms with Crippen LogP contribution in [0.4, 0.5) is 4.79 Å². The Morgan fingerprint density at radius 3 is 2.28 bits per heavy atom. The Morgan fingerprint density at radius 2 is 1.64 bits per heavy atom. The Bertz CT molecular complexity index is 416. The van der Waals surface area contributed by atoms with Gasteiger partial charge in [-0.1, -0.05) is 0 Å². The molecule has 2 aliphatic heterocycles. The lowest BCUT2D eigenvalue weighted by Crippen LogP contribution is -2.46. The summed E-state index contributed by atoms with van der Waals surface area (Å²) in [7, 11) is 2.19. The average molecular weight is 356 g/mol. The Labute approximate surface area is 150 Å². The third-order valence-corrected chi connectivity index (χ3v) is 5.27. The van der Waals surface area contributed by atoms with Gasteiger partial charge in [0.25, 0.3) is 0 Å². The summed E-state index contributed by atoms with van der Waals surface area (Å²) in [4.78, 5) is 27.7. The molecule has 2 rings (SSSR count). The van der Waals surface area contributed by atoms with E-state index in [2.05, 4.69) is 26.3 Å². The number of rotatable bonds is 7. The Hall–Kier alpha value is -1.34. The monoisotopic (exact) mass is 356 g/mol. The minimum absolute atomic E-state index is 0.239. The van der Waals surface area contributed by atoms with Crippen LogP contribution >= 0.6 is 0 Å². The van der Waals surface area contributed by atoms with Crippen molar-refractivity contribution in [1.82, 2.24) is 9.80 Å². The lowest BCUT2D eigenvalue weighted by atomic mass is 9.90. The normalized spacial score (nSPS) is 21.0. The Kier molecular flexibility index (Phi) is 8.48. The molecule has 0 N–H and O–H groups in total. The minimum Gasteiger partial charge on any atom is -0.435 e. The fourth-order valence-corrected chi connectivity index (χ4v) is 3.66. The quantitative estimate of drug-likeness (QED) is 0.512. The van der Waals surface area contributed by atoms with Gasteiger partial charge in [0.2, 0.25) is 6.79 Å². The van der Waals surface area contributed by atoms with E-state index in [9.17, 15) is 9.59 Å². The van der Waals surface area contributed by atoms with Crippen molar-refractivity contribution in [3.63, 3.8) is 0 Å². The zero-order chi connectivity index (χ0) is 18.1. The number of hydrogen-bond donors (Lipinski definition) is 0. The molecule has 7 nitrogen and oxygen atoms in total. The molecule has 0 aromatic carbocycles. The second-order valence-corrected chi connectivity index (χ2v) is 7.01. The molecule has 0 amide bonds. The van der Waals surface area contributed by atoms with Gasteiger partial charge in [-0.15, -0.1) is 0 Å². The number of carbonyl (C=O) groups is 2. The maximum atomic E-state index is 11.7. The van der Waals surface area contributed by atoms with Crippen LogP contribution < -0.4 is 0 Å². The standard InChI is InChI=1S/C18H32N2O5/c1-3-23-18(22)25-14-24-17(21)5-4-15-6-12-20(13-7-15)16-8-10-19(2)11-9-16/h15-16H,3-14H2,1-2H3. The highest BCUT2D eigenvalue weighted by atomic mass is 16.8. The van der Waals surface area contributed by atoms with Gasteiger partial charge < -0.3 is 24.0 Å². The highest BCUT2D eigenvalue weighted by Gasteiger charge is 2.27. The van der Waals surface area contributed by atoms with Gasteiger partial charge in [0.05, 0.1) is 6.61 Å². The molecular weight excluding hydrogens is 324 g/mol. The van der Waals surface area contributed by atoms with Crippen molar-refractivity contribution < 1.29 is 23.8 Å². The second kappa shape index (κ2) is 10.6. The first kappa shape index (κ1) is 20.0. The molecule has 0 aliphatic carbocycles. The summed E-state index contributed by atoms with van der Waals surface area (Å²) < 4.78 is 14.1. The Morgan fingerprint density at radius 1 is 0.960 bits per heavy atom. The van der Waals surface area contributed by atoms with Gasteiger partial charge in [0.1, 0.15) is 0 Å². The van der Waals surface area contributed by atoms with Gasteiger partial charge in [0.15, 0.2) is 0 Å². The van der Waals surface area contributed by atoms with Crippen molar-refractivity contribution in [1.29, 1.82) is 0 Å². The number of nitrogens with zero attached hydrogens (tertiary/aromatic N) is 2. The SMILES string of the molecule is CCOC(=O)OCOC(=O)CCC1CCN(C2CCN(C)CC2)CC1. The van der Waals surface area contributed by atoms with Gasteiger partial charge in [-0.25, -0.2) is 4.79 Å². The van der Waals surface area contributed by atoms with Crippen LogP contribution in [0.5, 0.6) is 0 Å². The molecule has 25 heavy (non-hydrogen) atoms. The van der Waals surface area contributed by atoms with Crippen LogP contribution in [0, 0.1) is 5.92 Å². The van der Waals surface area contributed by atoms with Crippen molar-refractivity contribution in [2.75, 3.05) is 46.6 Å². The van der Waals surface area contributed by atoms with E-state index in [1.165, 1.54) is 25.9 Å². The molecule has 0 bridgehead atoms. The number of hydrogen-bond acceptors (Lipinski definition) is 7. The topological polar surface area (TPSA) is 68.3 Å². The van der Waals surface area contributed by atoms with E-state index in [0.29, 0.717) is 12.3 Å². The van der Waals surface area contributed by atoms with Crippen molar-refractivity contribution in [2.24, 2.45) is 5.92 Å². The lowest BCUT2D eigenvalue weighted by Gasteiger charge is -2.41. The largest absolute Gasteiger partial charge is 0.511 e. The molecule has 0 unspecified atom stereocenters. The van der Waals surface area contributed by atoms with Crippen molar-refractivity contribution in [2.45, 2.75) is 51.5 Å². The molecule has 0 atom stereocenters. The molecule has 2 saturated heterocycles. The molecular formula is C18H32N2O5. The van der Waals surface area contributed by atoms with Gasteiger partial charge in [0, 0.05) is 12.5 Å². The molecule has 0 saturated carbocycles. The minimum atomic E-state index is -0.809. The number of piperidine rings is 2. The Balaban J connectivity index is 1.54. The molecule has 2 aliphatic rings. The molecule has 7 heteroatoms. The summed E-state index contributed by atoms with van der Waals surface area (Å²) in [5, 5.41) is 0. The first-order valence-electron chi connectivity index (χ1n) is 9.46. The van der Waals surface area contributed by atoms with E-state index < -0.39 is 6.16 Å². The molecule has 2 heterocycles. The number of likely N-dealkylation sites (tertiary alicyclic amines) is 2. The number of ether oxygens (including phenoxy) is 3. The fourth-order valence-electron chi connectivity index (χ4n) is 3.66. The van der Waals surface area contributed by atoms with Crippen molar-refractivity contribution >= 4 is 12.1 Å². The fraction of sp³-hybridized carbons (Fsp3) is 0.889. The molecule has 144 valence electrons. The third kappa shape index (κ3) is 7.20. The third-order valence-electron chi connectivity index (χ3n) is 5.27. The van der Waals surface area contributed by atoms with Crippen LogP contribution in [0.25, 0.3) is 0 Å². The van der Waals surface area contributed by atoms with E-state index in [0.717, 1.165) is 38.4 Å². The molecule has 0 aromatic rings. The zero-order valence-electron chi connectivity index (χ0n) is 15.6. The van der Waals surface area contributed by atoms with Crippen LogP contribution in [0.15, 0.2) is 0 Å². The van der Waals surface area contributed by atoms with Crippen LogP contribution in [0.1, 0.15) is 45.4 Å². The van der Waals surface area contributed by atoms with Gasteiger partial charge in [-0.2, -0.15) is 0 Å². The highest BCUT2D eigenvalue weighted by Crippen LogP contribution is 2.26. The summed E-state index contributed by atoms with van der Waals surface area (Å²) in [6, 6.07) is 0.738. The van der Waals surface area contributed by atoms with Gasteiger partial charge in [-0.05, 0) is 78.2 Å². The van der Waals surface area contributed by atoms with Crippen LogP contribution in [-0.2, 0) is 19.0 Å². The lowest BCUT2D eigenvalue weighted by molar-refractivity contribution is -0.153. The average Bonchev–Trinajstić information content (AvgIpc) is 2.61. The maximum absolute atomic E-state index is 11.7. The summed E-state index contributed by atoms with van der Waals surface area (Å²) >= 11 is 0. The molecule has 2 fully saturated rings. The summed E-state index contributed by atoms with van der Waals surface area (Å²) in [6.07, 6.45) is 5.27. The highest BCUT2D eigenvalue weighted by molar-refractivity contribution is 5.69. The number of esters is 1. The van der Waals surface area contributed by atoms with E-state index >= 15 is 0 Å². The first-order chi connectivity index (χ1) is 12.1. The van der Waals surface area contributed by atoms with E-state index in [1.54, 1.807) is 6.92 Å². The number of carbonyl (C=O) groups excluding carboxylic acids is 2. The van der Waals surface area contributed by atoms with Gasteiger partial charge >= 0.3 is 12.1 Å². The summed E-state index contributed by atoms with van der Waals surface area (Å²) in [6.45, 7) is 6.23. The van der Waals surface area contributed by atoms with Crippen LogP contribution in [0.3, 0.4) is 0 Å². The molecule has 0 spiro atoms. The van der Waals surface area contributed by atoms with E-state index in [-0.39, 0.29) is 19.4 Å². The molecule has 0 radical (unpaired) electrons. The summed E-state index contributed by atoms with van der Waals surface area (Å²) in [5.74, 6) is 0.267. The smallest absolute Gasteiger partial charge is 0.435 e. The van der Waals surface area contributed by atoms with Crippen LogP contribution in [-0.4, -0.2) is 74.6 Å². The first-order valence-corrected chi connectivity index (χ1v) is 9.46. The predicted molar refractivity (Wildman–Crippen MR) is 93.1 cm³/mol.